The van der Waals surface area contributed by atoms with Crippen molar-refractivity contribution in [3.8, 4) is 0 Å². The quantitative estimate of drug-likeness (QED) is 0.472. The number of esters is 1. The Morgan fingerprint density at radius 2 is 1.76 bits per heavy atom. The highest BCUT2D eigenvalue weighted by molar-refractivity contribution is 5.82. The Hall–Kier alpha value is -2.00. The molecule has 0 atom stereocenters. The Balaban J connectivity index is 2.59. The van der Waals surface area contributed by atoms with Gasteiger partial charge in [-0.1, -0.05) is 12.1 Å². The molecule has 2 nitrogen and oxygen atoms in total. The molecule has 0 aliphatic heterocycles. The van der Waals surface area contributed by atoms with E-state index in [1.54, 1.807) is 26.8 Å². The van der Waals surface area contributed by atoms with Crippen molar-refractivity contribution < 1.29 is 22.7 Å². The van der Waals surface area contributed by atoms with E-state index in [1.165, 1.54) is 12.1 Å². The average molecular weight is 298 g/mol. The summed E-state index contributed by atoms with van der Waals surface area (Å²) in [5.41, 5.74) is 2.11. The van der Waals surface area contributed by atoms with Gasteiger partial charge < -0.3 is 4.74 Å². The van der Waals surface area contributed by atoms with Gasteiger partial charge in [0.25, 0.3) is 0 Å². The minimum absolute atomic E-state index is 0.386. The van der Waals surface area contributed by atoms with Crippen LogP contribution in [0.5, 0.6) is 0 Å². The van der Waals surface area contributed by atoms with Crippen LogP contribution in [0, 0.1) is 0 Å². The van der Waals surface area contributed by atoms with Gasteiger partial charge in [-0.3, -0.25) is 0 Å². The predicted molar refractivity (Wildman–Crippen MR) is 73.6 cm³/mol. The Kier molecular flexibility index (Phi) is 5.39. The first kappa shape index (κ1) is 17.1. The molecule has 0 N–H and O–H groups in total. The largest absolute Gasteiger partial charge is 0.456 e. The summed E-state index contributed by atoms with van der Waals surface area (Å²) in [6.07, 6.45) is -1.22. The van der Waals surface area contributed by atoms with Gasteiger partial charge in [-0.15, -0.1) is 5.73 Å². The third-order valence-electron chi connectivity index (χ3n) is 2.34. The van der Waals surface area contributed by atoms with E-state index in [-0.39, 0.29) is 0 Å². The van der Waals surface area contributed by atoms with E-state index in [0.717, 1.165) is 18.2 Å². The van der Waals surface area contributed by atoms with E-state index in [0.29, 0.717) is 12.0 Å². The van der Waals surface area contributed by atoms with Crippen LogP contribution in [-0.4, -0.2) is 11.6 Å². The highest BCUT2D eigenvalue weighted by Gasteiger charge is 2.29. The van der Waals surface area contributed by atoms with Crippen molar-refractivity contribution in [1.82, 2.24) is 0 Å². The van der Waals surface area contributed by atoms with Crippen LogP contribution in [0.25, 0.3) is 0 Å². The molecule has 0 unspecified atom stereocenters. The lowest BCUT2D eigenvalue weighted by Gasteiger charge is -2.17. The second-order valence-electron chi connectivity index (χ2n) is 5.45. The van der Waals surface area contributed by atoms with Crippen molar-refractivity contribution in [3.05, 3.63) is 53.3 Å². The number of ether oxygens (including phenoxy) is 1. The fraction of sp³-hybridized carbons (Fsp3) is 0.375. The summed E-state index contributed by atoms with van der Waals surface area (Å²) in [7, 11) is 0. The topological polar surface area (TPSA) is 26.3 Å². The number of hydrogen-bond donors (Lipinski definition) is 0. The van der Waals surface area contributed by atoms with E-state index in [2.05, 4.69) is 5.73 Å². The molecule has 1 aromatic carbocycles. The molecule has 0 aliphatic rings. The lowest BCUT2D eigenvalue weighted by molar-refractivity contribution is -0.148. The van der Waals surface area contributed by atoms with Crippen molar-refractivity contribution in [3.63, 3.8) is 0 Å². The van der Waals surface area contributed by atoms with Crippen LogP contribution in [0.1, 0.15) is 31.9 Å². The van der Waals surface area contributed by atoms with Crippen molar-refractivity contribution in [2.24, 2.45) is 0 Å². The zero-order chi connectivity index (χ0) is 16.1. The number of alkyl halides is 3. The van der Waals surface area contributed by atoms with Gasteiger partial charge in [-0.25, -0.2) is 4.79 Å². The molecule has 0 aromatic heterocycles. The average Bonchev–Trinajstić information content (AvgIpc) is 2.32. The maximum Gasteiger partial charge on any atom is 0.416 e. The normalized spacial score (nSPS) is 11.5. The van der Waals surface area contributed by atoms with Crippen molar-refractivity contribution in [2.45, 2.75) is 39.0 Å². The molecule has 0 aliphatic carbocycles. The van der Waals surface area contributed by atoms with Gasteiger partial charge in [-0.05, 0) is 51.0 Å². The molecule has 114 valence electrons. The number of hydrogen-bond acceptors (Lipinski definition) is 2. The van der Waals surface area contributed by atoms with Gasteiger partial charge in [0.1, 0.15) is 5.60 Å². The summed E-state index contributed by atoms with van der Waals surface area (Å²) in [5.74, 6) is -0.508. The molecule has 0 fully saturated rings. The molecule has 0 radical (unpaired) electrons. The molecule has 0 spiro atoms. The van der Waals surface area contributed by atoms with Gasteiger partial charge in [-0.2, -0.15) is 13.2 Å². The Bertz CT molecular complexity index is 542. The number of rotatable bonds is 3. The number of carbonyl (C=O) groups excluding carboxylic acids is 1. The van der Waals surface area contributed by atoms with Crippen LogP contribution in [-0.2, 0) is 22.1 Å². The summed E-state index contributed by atoms with van der Waals surface area (Å²) >= 11 is 0. The first-order valence-electron chi connectivity index (χ1n) is 6.38. The van der Waals surface area contributed by atoms with Crippen LogP contribution in [0.2, 0.25) is 0 Å². The fourth-order valence-corrected chi connectivity index (χ4v) is 1.46. The minimum Gasteiger partial charge on any atom is -0.456 e. The smallest absolute Gasteiger partial charge is 0.416 e. The van der Waals surface area contributed by atoms with Crippen LogP contribution in [0.4, 0.5) is 13.2 Å². The standard InChI is InChI=1S/C16H17F3O2/c1-15(2,3)21-14(20)7-5-4-6-12-8-10-13(11-9-12)16(17,18)19/h4,7-11H,6H2,1-3H3. The van der Waals surface area contributed by atoms with Crippen LogP contribution >= 0.6 is 0 Å². The van der Waals surface area contributed by atoms with E-state index in [4.69, 9.17) is 4.74 Å². The first-order chi connectivity index (χ1) is 9.58. The zero-order valence-corrected chi connectivity index (χ0v) is 12.1. The number of benzene rings is 1. The van der Waals surface area contributed by atoms with E-state index >= 15 is 0 Å². The summed E-state index contributed by atoms with van der Waals surface area (Å²) in [5, 5.41) is 0. The fourth-order valence-electron chi connectivity index (χ4n) is 1.46. The van der Waals surface area contributed by atoms with Crippen LogP contribution in [0.3, 0.4) is 0 Å². The summed E-state index contributed by atoms with van der Waals surface area (Å²) < 4.78 is 42.2. The van der Waals surface area contributed by atoms with Crippen LogP contribution in [0.15, 0.2) is 42.1 Å². The molecule has 0 amide bonds. The molecule has 21 heavy (non-hydrogen) atoms. The molecule has 0 saturated carbocycles. The molecular formula is C16H17F3O2. The lowest BCUT2D eigenvalue weighted by Crippen LogP contribution is -2.22. The van der Waals surface area contributed by atoms with Gasteiger partial charge in [0, 0.05) is 0 Å². The van der Waals surface area contributed by atoms with E-state index in [9.17, 15) is 18.0 Å². The highest BCUT2D eigenvalue weighted by Crippen LogP contribution is 2.29. The van der Waals surface area contributed by atoms with Crippen LogP contribution < -0.4 is 0 Å². The second kappa shape index (κ2) is 6.64. The lowest BCUT2D eigenvalue weighted by atomic mass is 10.1. The van der Waals surface area contributed by atoms with E-state index in [1.807, 2.05) is 0 Å². The van der Waals surface area contributed by atoms with Gasteiger partial charge >= 0.3 is 12.1 Å². The highest BCUT2D eigenvalue weighted by atomic mass is 19.4. The third-order valence-corrected chi connectivity index (χ3v) is 2.34. The summed E-state index contributed by atoms with van der Waals surface area (Å²) in [4.78, 5) is 11.3. The molecule has 1 rings (SSSR count). The molecule has 5 heteroatoms. The molecule has 0 heterocycles. The minimum atomic E-state index is -4.33. The maximum atomic E-state index is 12.4. The summed E-state index contributed by atoms with van der Waals surface area (Å²) in [6, 6.07) is 4.85. The van der Waals surface area contributed by atoms with Gasteiger partial charge in [0.15, 0.2) is 0 Å². The molecule has 0 saturated heterocycles. The third kappa shape index (κ3) is 6.82. The maximum absolute atomic E-state index is 12.4. The number of halogens is 3. The van der Waals surface area contributed by atoms with Gasteiger partial charge in [0.05, 0.1) is 11.6 Å². The first-order valence-corrected chi connectivity index (χ1v) is 6.38. The van der Waals surface area contributed by atoms with E-state index < -0.39 is 23.3 Å². The molecule has 1 aromatic rings. The van der Waals surface area contributed by atoms with Crippen molar-refractivity contribution in [2.75, 3.05) is 0 Å². The number of carbonyl (C=O) groups is 1. The predicted octanol–water partition coefficient (Wildman–Crippen LogP) is 4.30. The van der Waals surface area contributed by atoms with Crippen molar-refractivity contribution >= 4 is 5.97 Å². The summed E-state index contributed by atoms with van der Waals surface area (Å²) in [6.45, 7) is 5.26. The Morgan fingerprint density at radius 3 is 2.24 bits per heavy atom. The molecular weight excluding hydrogens is 281 g/mol. The zero-order valence-electron chi connectivity index (χ0n) is 12.1. The Morgan fingerprint density at radius 1 is 1.19 bits per heavy atom. The Labute approximate surface area is 121 Å². The van der Waals surface area contributed by atoms with Gasteiger partial charge in [0.2, 0.25) is 0 Å². The monoisotopic (exact) mass is 298 g/mol. The second-order valence-corrected chi connectivity index (χ2v) is 5.45. The SMILES string of the molecule is CC(C)(C)OC(=O)C=C=CCc1ccc(C(F)(F)F)cc1. The van der Waals surface area contributed by atoms with Crippen molar-refractivity contribution in [1.29, 1.82) is 0 Å². The molecule has 0 bridgehead atoms.